The van der Waals surface area contributed by atoms with Gasteiger partial charge in [0, 0.05) is 30.2 Å². The van der Waals surface area contributed by atoms with Crippen molar-refractivity contribution in [2.24, 2.45) is 0 Å². The van der Waals surface area contributed by atoms with Crippen LogP contribution in [0.1, 0.15) is 24.1 Å². The van der Waals surface area contributed by atoms with Gasteiger partial charge < -0.3 is 5.32 Å². The second-order valence-corrected chi connectivity index (χ2v) is 9.26. The Hall–Kier alpha value is -2.95. The van der Waals surface area contributed by atoms with Crippen LogP contribution in [0.2, 0.25) is 0 Å². The molecule has 1 saturated heterocycles. The van der Waals surface area contributed by atoms with Crippen molar-refractivity contribution in [1.29, 1.82) is 5.26 Å². The molecule has 2 aromatic carbocycles. The van der Waals surface area contributed by atoms with E-state index in [1.165, 1.54) is 0 Å². The lowest BCUT2D eigenvalue weighted by atomic mass is 10.1. The highest BCUT2D eigenvalue weighted by atomic mass is 32.2. The quantitative estimate of drug-likeness (QED) is 0.714. The molecule has 0 amide bonds. The Kier molecular flexibility index (Phi) is 5.22. The van der Waals surface area contributed by atoms with Gasteiger partial charge in [-0.05, 0) is 44.0 Å². The number of aryl methyl sites for hydroxylation is 1. The number of benzene rings is 2. The van der Waals surface area contributed by atoms with Crippen LogP contribution < -0.4 is 5.32 Å². The van der Waals surface area contributed by atoms with Gasteiger partial charge in [0.2, 0.25) is 10.0 Å². The van der Waals surface area contributed by atoms with Crippen LogP contribution in [0.5, 0.6) is 0 Å². The normalized spacial score (nSPS) is 15.9. The maximum atomic E-state index is 12.9. The monoisotopic (exact) mass is 406 g/mol. The number of para-hydroxylation sites is 1. The predicted molar refractivity (Wildman–Crippen MR) is 113 cm³/mol. The van der Waals surface area contributed by atoms with Gasteiger partial charge in [0.15, 0.2) is 0 Å². The number of sulfonamides is 1. The van der Waals surface area contributed by atoms with Gasteiger partial charge in [-0.2, -0.15) is 9.57 Å². The van der Waals surface area contributed by atoms with Crippen LogP contribution in [0.3, 0.4) is 0 Å². The van der Waals surface area contributed by atoms with E-state index in [0.29, 0.717) is 36.5 Å². The van der Waals surface area contributed by atoms with Gasteiger partial charge in [0.1, 0.15) is 11.8 Å². The highest BCUT2D eigenvalue weighted by Crippen LogP contribution is 2.27. The fourth-order valence-electron chi connectivity index (χ4n) is 3.67. The number of anilines is 1. The van der Waals surface area contributed by atoms with Crippen LogP contribution in [-0.2, 0) is 10.0 Å². The van der Waals surface area contributed by atoms with Crippen molar-refractivity contribution in [3.8, 4) is 6.07 Å². The second-order valence-electron chi connectivity index (χ2n) is 7.32. The summed E-state index contributed by atoms with van der Waals surface area (Å²) in [6, 6.07) is 18.7. The number of fused-ring (bicyclic) bond motifs is 1. The van der Waals surface area contributed by atoms with Crippen molar-refractivity contribution in [3.63, 3.8) is 0 Å². The Morgan fingerprint density at radius 1 is 1.10 bits per heavy atom. The lowest BCUT2D eigenvalue weighted by Crippen LogP contribution is -2.42. The molecular formula is C22H22N4O2S. The summed E-state index contributed by atoms with van der Waals surface area (Å²) in [4.78, 5) is 4.68. The van der Waals surface area contributed by atoms with Crippen molar-refractivity contribution < 1.29 is 8.42 Å². The van der Waals surface area contributed by atoms with Crippen molar-refractivity contribution in [1.82, 2.24) is 9.29 Å². The Bertz CT molecular complexity index is 1180. The average Bonchev–Trinajstić information content (AvgIpc) is 2.74. The number of hydrogen-bond donors (Lipinski definition) is 1. The van der Waals surface area contributed by atoms with E-state index in [9.17, 15) is 13.7 Å². The van der Waals surface area contributed by atoms with E-state index in [1.54, 1.807) is 22.5 Å². The molecule has 1 aliphatic rings. The van der Waals surface area contributed by atoms with E-state index in [1.807, 2.05) is 43.3 Å². The van der Waals surface area contributed by atoms with Gasteiger partial charge in [-0.3, -0.25) is 0 Å². The predicted octanol–water partition coefficient (Wildman–Crippen LogP) is 3.68. The van der Waals surface area contributed by atoms with Crippen LogP contribution in [0.4, 0.5) is 5.69 Å². The Morgan fingerprint density at radius 2 is 1.79 bits per heavy atom. The Labute approximate surface area is 170 Å². The number of pyridine rings is 1. The summed E-state index contributed by atoms with van der Waals surface area (Å²) < 4.78 is 27.3. The van der Waals surface area contributed by atoms with Crippen LogP contribution in [-0.4, -0.2) is 36.8 Å². The summed E-state index contributed by atoms with van der Waals surface area (Å²) in [5.74, 6) is 0. The van der Waals surface area contributed by atoms with Crippen LogP contribution >= 0.6 is 0 Å². The molecule has 0 unspecified atom stereocenters. The largest absolute Gasteiger partial charge is 0.382 e. The zero-order chi connectivity index (χ0) is 20.4. The highest BCUT2D eigenvalue weighted by Gasteiger charge is 2.29. The van der Waals surface area contributed by atoms with Gasteiger partial charge in [-0.15, -0.1) is 0 Å². The van der Waals surface area contributed by atoms with Crippen LogP contribution in [0.15, 0.2) is 59.5 Å². The Balaban J connectivity index is 1.49. The summed E-state index contributed by atoms with van der Waals surface area (Å²) in [5.41, 5.74) is 3.04. The first-order valence-electron chi connectivity index (χ1n) is 9.60. The summed E-state index contributed by atoms with van der Waals surface area (Å²) in [7, 11) is -3.47. The lowest BCUT2D eigenvalue weighted by molar-refractivity contribution is 0.330. The van der Waals surface area contributed by atoms with Crippen molar-refractivity contribution in [2.45, 2.75) is 30.7 Å². The maximum absolute atomic E-state index is 12.9. The minimum atomic E-state index is -3.47. The number of piperidine rings is 1. The molecule has 148 valence electrons. The standard InChI is InChI=1S/C22H22N4O2S/c1-16-6-8-19(9-7-16)29(27,28)26-12-10-17(11-13-26)24-22-14-18(15-23)25-21-5-3-2-4-20(21)22/h2-9,14,17H,10-13H2,1H3,(H,24,25). The summed E-state index contributed by atoms with van der Waals surface area (Å²) >= 11 is 0. The Morgan fingerprint density at radius 3 is 2.48 bits per heavy atom. The molecule has 1 N–H and O–H groups in total. The molecular weight excluding hydrogens is 384 g/mol. The molecule has 0 atom stereocenters. The third-order valence-electron chi connectivity index (χ3n) is 5.30. The number of nitrogens with one attached hydrogen (secondary N) is 1. The summed E-state index contributed by atoms with van der Waals surface area (Å²) in [6.45, 7) is 2.86. The molecule has 2 heterocycles. The van der Waals surface area contributed by atoms with Crippen molar-refractivity contribution in [3.05, 3.63) is 65.9 Å². The van der Waals surface area contributed by atoms with Crippen LogP contribution in [0.25, 0.3) is 10.9 Å². The minimum Gasteiger partial charge on any atom is -0.382 e. The SMILES string of the molecule is Cc1ccc(S(=O)(=O)N2CCC(Nc3cc(C#N)nc4ccccc34)CC2)cc1. The first-order valence-corrected chi connectivity index (χ1v) is 11.0. The molecule has 4 rings (SSSR count). The van der Waals surface area contributed by atoms with E-state index in [0.717, 1.165) is 22.2 Å². The zero-order valence-corrected chi connectivity index (χ0v) is 17.0. The summed E-state index contributed by atoms with van der Waals surface area (Å²) in [5, 5.41) is 13.7. The number of hydrogen-bond acceptors (Lipinski definition) is 5. The van der Waals surface area contributed by atoms with E-state index in [-0.39, 0.29) is 6.04 Å². The van der Waals surface area contributed by atoms with Gasteiger partial charge in [0.25, 0.3) is 0 Å². The molecule has 7 heteroatoms. The molecule has 3 aromatic rings. The van der Waals surface area contributed by atoms with E-state index in [2.05, 4.69) is 16.4 Å². The van der Waals surface area contributed by atoms with Gasteiger partial charge in [0.05, 0.1) is 10.4 Å². The topological polar surface area (TPSA) is 86.1 Å². The first kappa shape index (κ1) is 19.4. The van der Waals surface area contributed by atoms with E-state index in [4.69, 9.17) is 0 Å². The number of nitriles is 1. The molecule has 1 fully saturated rings. The molecule has 0 spiro atoms. The minimum absolute atomic E-state index is 0.136. The third kappa shape index (κ3) is 3.95. The smallest absolute Gasteiger partial charge is 0.243 e. The van der Waals surface area contributed by atoms with Crippen molar-refractivity contribution in [2.75, 3.05) is 18.4 Å². The molecule has 0 radical (unpaired) electrons. The molecule has 0 saturated carbocycles. The molecule has 1 aliphatic heterocycles. The lowest BCUT2D eigenvalue weighted by Gasteiger charge is -2.32. The number of rotatable bonds is 4. The van der Waals surface area contributed by atoms with Gasteiger partial charge >= 0.3 is 0 Å². The number of nitrogens with zero attached hydrogens (tertiary/aromatic N) is 3. The van der Waals surface area contributed by atoms with Crippen LogP contribution in [0, 0.1) is 18.3 Å². The van der Waals surface area contributed by atoms with Gasteiger partial charge in [-0.1, -0.05) is 35.9 Å². The zero-order valence-electron chi connectivity index (χ0n) is 16.2. The van der Waals surface area contributed by atoms with Gasteiger partial charge in [-0.25, -0.2) is 13.4 Å². The molecule has 0 bridgehead atoms. The fourth-order valence-corrected chi connectivity index (χ4v) is 5.14. The molecule has 0 aliphatic carbocycles. The molecule has 6 nitrogen and oxygen atoms in total. The van der Waals surface area contributed by atoms with Crippen molar-refractivity contribution >= 4 is 26.6 Å². The fraction of sp³-hybridized carbons (Fsp3) is 0.273. The number of aromatic nitrogens is 1. The molecule has 1 aromatic heterocycles. The highest BCUT2D eigenvalue weighted by molar-refractivity contribution is 7.89. The summed E-state index contributed by atoms with van der Waals surface area (Å²) in [6.07, 6.45) is 1.40. The van der Waals surface area contributed by atoms with E-state index < -0.39 is 10.0 Å². The maximum Gasteiger partial charge on any atom is 0.243 e. The third-order valence-corrected chi connectivity index (χ3v) is 7.22. The average molecular weight is 407 g/mol. The van der Waals surface area contributed by atoms with E-state index >= 15 is 0 Å². The second kappa shape index (κ2) is 7.82. The first-order chi connectivity index (χ1) is 14.0. The molecule has 29 heavy (non-hydrogen) atoms.